The van der Waals surface area contributed by atoms with Crippen LogP contribution in [0.5, 0.6) is 0 Å². The van der Waals surface area contributed by atoms with Gasteiger partial charge in [0.1, 0.15) is 0 Å². The van der Waals surface area contributed by atoms with E-state index >= 15 is 0 Å². The van der Waals surface area contributed by atoms with Crippen molar-refractivity contribution in [2.75, 3.05) is 5.75 Å². The number of halogens is 1. The summed E-state index contributed by atoms with van der Waals surface area (Å²) in [5, 5.41) is 9.65. The van der Waals surface area contributed by atoms with Crippen LogP contribution in [0.1, 0.15) is 25.3 Å². The third-order valence-corrected chi connectivity index (χ3v) is 4.81. The maximum atomic E-state index is 10.7. The van der Waals surface area contributed by atoms with Gasteiger partial charge < -0.3 is 9.67 Å². The lowest BCUT2D eigenvalue weighted by molar-refractivity contribution is -0.133. The van der Waals surface area contributed by atoms with E-state index in [1.165, 1.54) is 18.2 Å². The van der Waals surface area contributed by atoms with Crippen LogP contribution >= 0.6 is 27.7 Å². The van der Waals surface area contributed by atoms with Crippen LogP contribution in [0.3, 0.4) is 0 Å². The van der Waals surface area contributed by atoms with Crippen molar-refractivity contribution < 1.29 is 9.90 Å². The highest BCUT2D eigenvalue weighted by molar-refractivity contribution is 9.10. The second kappa shape index (κ2) is 5.17. The van der Waals surface area contributed by atoms with Gasteiger partial charge in [0.25, 0.3) is 0 Å². The second-order valence-electron chi connectivity index (χ2n) is 4.66. The molecule has 0 saturated heterocycles. The molecule has 0 aliphatic heterocycles. The van der Waals surface area contributed by atoms with Crippen molar-refractivity contribution in [1.29, 1.82) is 0 Å². The van der Waals surface area contributed by atoms with Crippen molar-refractivity contribution in [3.63, 3.8) is 0 Å². The van der Waals surface area contributed by atoms with Crippen LogP contribution in [0.4, 0.5) is 0 Å². The van der Waals surface area contributed by atoms with Gasteiger partial charge in [-0.3, -0.25) is 4.79 Å². The number of nitrogens with zero attached hydrogens (tertiary/aromatic N) is 2. The summed E-state index contributed by atoms with van der Waals surface area (Å²) in [5.41, 5.74) is 2.02. The molecule has 1 aromatic heterocycles. The van der Waals surface area contributed by atoms with Crippen molar-refractivity contribution in [2.45, 2.75) is 30.5 Å². The summed E-state index contributed by atoms with van der Waals surface area (Å²) in [6, 6.07) is 6.51. The molecule has 1 N–H and O–H groups in total. The summed E-state index contributed by atoms with van der Waals surface area (Å²) < 4.78 is 3.20. The summed E-state index contributed by atoms with van der Waals surface area (Å²) in [5.74, 6) is -0.754. The third kappa shape index (κ3) is 2.51. The Hall–Kier alpha value is -1.01. The predicted molar refractivity (Wildman–Crippen MR) is 78.7 cm³/mol. The number of thioether (sulfide) groups is 1. The maximum absolute atomic E-state index is 10.7. The molecule has 1 aliphatic carbocycles. The molecule has 1 aromatic carbocycles. The summed E-state index contributed by atoms with van der Waals surface area (Å²) in [6.07, 6.45) is 3.55. The van der Waals surface area contributed by atoms with Gasteiger partial charge in [0.2, 0.25) is 0 Å². The van der Waals surface area contributed by atoms with Crippen LogP contribution in [0.15, 0.2) is 27.8 Å². The van der Waals surface area contributed by atoms with Gasteiger partial charge in [-0.15, -0.1) is 0 Å². The molecule has 3 rings (SSSR count). The van der Waals surface area contributed by atoms with E-state index in [1.807, 2.05) is 12.1 Å². The first-order valence-electron chi connectivity index (χ1n) is 6.17. The first-order chi connectivity index (χ1) is 9.15. The monoisotopic (exact) mass is 340 g/mol. The third-order valence-electron chi connectivity index (χ3n) is 3.38. The van der Waals surface area contributed by atoms with E-state index < -0.39 is 5.97 Å². The lowest BCUT2D eigenvalue weighted by Gasteiger charge is -2.28. The largest absolute Gasteiger partial charge is 0.481 e. The highest BCUT2D eigenvalue weighted by atomic mass is 79.9. The topological polar surface area (TPSA) is 55.1 Å². The summed E-state index contributed by atoms with van der Waals surface area (Å²) in [4.78, 5) is 15.3. The van der Waals surface area contributed by atoms with Gasteiger partial charge in [0.15, 0.2) is 5.16 Å². The molecular weight excluding hydrogens is 328 g/mol. The predicted octanol–water partition coefficient (Wildman–Crippen LogP) is 3.70. The van der Waals surface area contributed by atoms with Gasteiger partial charge in [0, 0.05) is 10.5 Å². The van der Waals surface area contributed by atoms with Gasteiger partial charge in [-0.25, -0.2) is 4.98 Å². The fraction of sp³-hybridized carbons (Fsp3) is 0.385. The number of fused-ring (bicyclic) bond motifs is 1. The first kappa shape index (κ1) is 13.0. The quantitative estimate of drug-likeness (QED) is 0.862. The van der Waals surface area contributed by atoms with Crippen LogP contribution in [0.2, 0.25) is 0 Å². The molecular formula is C13H13BrN2O2S. The minimum atomic E-state index is -0.807. The van der Waals surface area contributed by atoms with Crippen molar-refractivity contribution in [3.8, 4) is 0 Å². The fourth-order valence-corrected chi connectivity index (χ4v) is 3.43. The normalized spacial score (nSPS) is 15.6. The summed E-state index contributed by atoms with van der Waals surface area (Å²) in [6.45, 7) is 0. The summed E-state index contributed by atoms with van der Waals surface area (Å²) in [7, 11) is 0. The van der Waals surface area contributed by atoms with E-state index in [0.717, 1.165) is 33.5 Å². The number of rotatable bonds is 4. The first-order valence-corrected chi connectivity index (χ1v) is 7.95. The van der Waals surface area contributed by atoms with Gasteiger partial charge in [-0.1, -0.05) is 27.7 Å². The van der Waals surface area contributed by atoms with Crippen LogP contribution in [0.25, 0.3) is 11.0 Å². The van der Waals surface area contributed by atoms with Crippen molar-refractivity contribution in [3.05, 3.63) is 22.7 Å². The van der Waals surface area contributed by atoms with E-state index in [4.69, 9.17) is 5.11 Å². The zero-order valence-corrected chi connectivity index (χ0v) is 12.6. The molecule has 0 amide bonds. The Labute approximate surface area is 123 Å². The Morgan fingerprint density at radius 1 is 1.53 bits per heavy atom. The molecule has 0 atom stereocenters. The van der Waals surface area contributed by atoms with Crippen molar-refractivity contribution >= 4 is 44.7 Å². The Morgan fingerprint density at radius 3 is 2.95 bits per heavy atom. The Kier molecular flexibility index (Phi) is 3.54. The number of aromatic nitrogens is 2. The Balaban J connectivity index is 2.04. The van der Waals surface area contributed by atoms with Gasteiger partial charge in [-0.2, -0.15) is 0 Å². The molecule has 0 spiro atoms. The molecule has 100 valence electrons. The minimum Gasteiger partial charge on any atom is -0.481 e. The molecule has 4 nitrogen and oxygen atoms in total. The molecule has 19 heavy (non-hydrogen) atoms. The number of carboxylic acid groups (broad SMARTS) is 1. The number of benzene rings is 1. The average Bonchev–Trinajstić information content (AvgIpc) is 2.62. The van der Waals surface area contributed by atoms with Gasteiger partial charge in [0.05, 0.1) is 16.8 Å². The molecule has 2 aromatic rings. The number of hydrogen-bond donors (Lipinski definition) is 1. The SMILES string of the molecule is O=C(O)CSc1nc2cc(Br)ccc2n1C1CCC1. The Bertz CT molecular complexity index is 637. The van der Waals surface area contributed by atoms with Gasteiger partial charge in [-0.05, 0) is 37.5 Å². The van der Waals surface area contributed by atoms with Crippen molar-refractivity contribution in [1.82, 2.24) is 9.55 Å². The lowest BCUT2D eigenvalue weighted by atomic mass is 9.93. The molecule has 1 heterocycles. The van der Waals surface area contributed by atoms with Crippen LogP contribution in [-0.2, 0) is 4.79 Å². The number of imidazole rings is 1. The zero-order valence-electron chi connectivity index (χ0n) is 10.2. The standard InChI is InChI=1S/C13H13BrN2O2S/c14-8-4-5-11-10(6-8)15-13(19-7-12(17)18)16(11)9-2-1-3-9/h4-6,9H,1-3,7H2,(H,17,18). The van der Waals surface area contributed by atoms with E-state index in [0.29, 0.717) is 6.04 Å². The minimum absolute atomic E-state index is 0.0528. The van der Waals surface area contributed by atoms with Gasteiger partial charge >= 0.3 is 5.97 Å². The van der Waals surface area contributed by atoms with E-state index in [2.05, 4.69) is 31.5 Å². The van der Waals surface area contributed by atoms with E-state index in [-0.39, 0.29) is 5.75 Å². The van der Waals surface area contributed by atoms with Crippen LogP contribution in [-0.4, -0.2) is 26.4 Å². The van der Waals surface area contributed by atoms with Crippen LogP contribution in [0, 0.1) is 0 Å². The summed E-state index contributed by atoms with van der Waals surface area (Å²) >= 11 is 4.75. The van der Waals surface area contributed by atoms with Crippen LogP contribution < -0.4 is 0 Å². The fourth-order valence-electron chi connectivity index (χ4n) is 2.28. The van der Waals surface area contributed by atoms with Crippen molar-refractivity contribution in [2.24, 2.45) is 0 Å². The molecule has 0 unspecified atom stereocenters. The number of hydrogen-bond acceptors (Lipinski definition) is 3. The highest BCUT2D eigenvalue weighted by Gasteiger charge is 2.25. The highest BCUT2D eigenvalue weighted by Crippen LogP contribution is 2.38. The number of carbonyl (C=O) groups is 1. The van der Waals surface area contributed by atoms with E-state index in [1.54, 1.807) is 0 Å². The molecule has 0 radical (unpaired) electrons. The Morgan fingerprint density at radius 2 is 2.32 bits per heavy atom. The molecule has 6 heteroatoms. The average molecular weight is 341 g/mol. The molecule has 1 fully saturated rings. The number of aliphatic carboxylic acids is 1. The second-order valence-corrected chi connectivity index (χ2v) is 6.52. The molecule has 1 saturated carbocycles. The molecule has 1 aliphatic rings. The lowest BCUT2D eigenvalue weighted by Crippen LogP contribution is -2.18. The zero-order chi connectivity index (χ0) is 13.4. The van der Waals surface area contributed by atoms with E-state index in [9.17, 15) is 4.79 Å². The molecule has 0 bridgehead atoms. The number of carboxylic acids is 1. The smallest absolute Gasteiger partial charge is 0.313 e. The maximum Gasteiger partial charge on any atom is 0.313 e.